The minimum atomic E-state index is -1.18. The zero-order valence-corrected chi connectivity index (χ0v) is 19.1. The predicted molar refractivity (Wildman–Crippen MR) is 123 cm³/mol. The number of aliphatic hydroxyl groups is 4. The number of aromatic nitrogens is 1. The predicted octanol–water partition coefficient (Wildman–Crippen LogP) is 1.38. The first kappa shape index (κ1) is 25.5. The maximum absolute atomic E-state index is 11.7. The van der Waals surface area contributed by atoms with Crippen LogP contribution in [0.1, 0.15) is 48.9 Å². The maximum Gasteiger partial charge on any atom is 0.250 e. The Bertz CT molecular complexity index is 898. The standard InChI is InChI=1S/C17H22N2O2.C7H14O5/c1-21-13-7-8-14-15(17(18)20)11-19(16(14)9-13)10-12-5-3-2-4-6-12;8-2-4-1-6(10)5(3-9)7(11)12-4/h7-9,11-12H,2-6,10H2,1H3,(H2,18,20);4-11H,1-3H2. The van der Waals surface area contributed by atoms with Crippen molar-refractivity contribution < 1.29 is 34.7 Å². The van der Waals surface area contributed by atoms with Gasteiger partial charge in [0.05, 0.1) is 49.5 Å². The van der Waals surface area contributed by atoms with E-state index in [1.165, 1.54) is 32.1 Å². The highest BCUT2D eigenvalue weighted by molar-refractivity contribution is 6.06. The van der Waals surface area contributed by atoms with E-state index in [4.69, 9.17) is 25.4 Å². The summed E-state index contributed by atoms with van der Waals surface area (Å²) < 4.78 is 12.4. The molecule has 0 spiro atoms. The van der Waals surface area contributed by atoms with E-state index in [0.29, 0.717) is 11.5 Å². The van der Waals surface area contributed by atoms with Gasteiger partial charge in [-0.2, -0.15) is 0 Å². The van der Waals surface area contributed by atoms with Crippen molar-refractivity contribution in [2.45, 2.75) is 63.6 Å². The molecule has 9 heteroatoms. The Kier molecular flexibility index (Phi) is 9.10. The van der Waals surface area contributed by atoms with Gasteiger partial charge < -0.3 is 40.2 Å². The van der Waals surface area contributed by atoms with Gasteiger partial charge >= 0.3 is 0 Å². The summed E-state index contributed by atoms with van der Waals surface area (Å²) in [5.41, 5.74) is 7.15. The summed E-state index contributed by atoms with van der Waals surface area (Å²) in [7, 11) is 1.66. The molecule has 1 aromatic carbocycles. The summed E-state index contributed by atoms with van der Waals surface area (Å²) in [6.07, 6.45) is 6.16. The van der Waals surface area contributed by atoms with Crippen molar-refractivity contribution in [2.75, 3.05) is 20.3 Å². The Morgan fingerprint density at radius 1 is 1.18 bits per heavy atom. The fraction of sp³-hybridized carbons (Fsp3) is 0.625. The Morgan fingerprint density at radius 3 is 2.48 bits per heavy atom. The molecular formula is C24H36N2O7. The number of aliphatic hydroxyl groups excluding tert-OH is 4. The second-order valence-corrected chi connectivity index (χ2v) is 8.93. The molecule has 4 atom stereocenters. The fourth-order valence-electron chi connectivity index (χ4n) is 4.71. The fourth-order valence-corrected chi connectivity index (χ4v) is 4.71. The van der Waals surface area contributed by atoms with Gasteiger partial charge in [-0.05, 0) is 30.9 Å². The first-order chi connectivity index (χ1) is 15.9. The Morgan fingerprint density at radius 2 is 1.91 bits per heavy atom. The summed E-state index contributed by atoms with van der Waals surface area (Å²) in [6, 6.07) is 5.79. The van der Waals surface area contributed by atoms with Crippen LogP contribution in [0.2, 0.25) is 0 Å². The molecular weight excluding hydrogens is 428 g/mol. The zero-order valence-electron chi connectivity index (χ0n) is 19.1. The van der Waals surface area contributed by atoms with Crippen molar-refractivity contribution in [3.8, 4) is 5.75 Å². The number of hydrogen-bond donors (Lipinski definition) is 5. The molecule has 1 aromatic heterocycles. The number of benzene rings is 1. The normalized spacial score (nSPS) is 26.0. The van der Waals surface area contributed by atoms with Crippen LogP contribution in [0.3, 0.4) is 0 Å². The van der Waals surface area contributed by atoms with E-state index in [2.05, 4.69) is 4.57 Å². The number of nitrogens with two attached hydrogens (primary N) is 1. The van der Waals surface area contributed by atoms with E-state index >= 15 is 0 Å². The van der Waals surface area contributed by atoms with E-state index in [9.17, 15) is 15.0 Å². The largest absolute Gasteiger partial charge is 0.497 e. The molecule has 6 N–H and O–H groups in total. The molecule has 184 valence electrons. The molecule has 2 aromatic rings. The van der Waals surface area contributed by atoms with Crippen molar-refractivity contribution in [3.05, 3.63) is 30.0 Å². The van der Waals surface area contributed by atoms with Crippen LogP contribution in [-0.4, -0.2) is 69.7 Å². The molecule has 1 aliphatic heterocycles. The Balaban J connectivity index is 0.000000218. The number of fused-ring (bicyclic) bond motifs is 1. The Hall–Kier alpha value is -2.17. The molecule has 1 saturated carbocycles. The molecule has 4 rings (SSSR count). The molecule has 0 radical (unpaired) electrons. The van der Waals surface area contributed by atoms with E-state index < -0.39 is 24.4 Å². The van der Waals surface area contributed by atoms with Crippen LogP contribution in [0, 0.1) is 11.8 Å². The number of primary amides is 1. The number of methoxy groups -OCH3 is 1. The monoisotopic (exact) mass is 464 g/mol. The number of amides is 1. The molecule has 2 heterocycles. The molecule has 2 aliphatic rings. The van der Waals surface area contributed by atoms with Crippen molar-refractivity contribution in [2.24, 2.45) is 17.6 Å². The van der Waals surface area contributed by atoms with Crippen LogP contribution in [0.4, 0.5) is 0 Å². The van der Waals surface area contributed by atoms with E-state index in [-0.39, 0.29) is 25.5 Å². The maximum atomic E-state index is 11.7. The van der Waals surface area contributed by atoms with Crippen LogP contribution in [0.15, 0.2) is 24.4 Å². The van der Waals surface area contributed by atoms with Gasteiger partial charge in [-0.25, -0.2) is 0 Å². The van der Waals surface area contributed by atoms with Gasteiger partial charge in [-0.1, -0.05) is 19.3 Å². The lowest BCUT2D eigenvalue weighted by atomic mass is 9.89. The van der Waals surface area contributed by atoms with E-state index in [1.807, 2.05) is 24.4 Å². The smallest absolute Gasteiger partial charge is 0.250 e. The van der Waals surface area contributed by atoms with E-state index in [1.54, 1.807) is 7.11 Å². The lowest BCUT2D eigenvalue weighted by Gasteiger charge is -2.35. The first-order valence-electron chi connectivity index (χ1n) is 11.6. The summed E-state index contributed by atoms with van der Waals surface area (Å²) in [6.45, 7) is 0.406. The number of carbonyl (C=O) groups excluding carboxylic acids is 1. The third kappa shape index (κ3) is 6.24. The van der Waals surface area contributed by atoms with E-state index in [0.717, 1.165) is 23.2 Å². The van der Waals surface area contributed by atoms with Gasteiger partial charge in [0.1, 0.15) is 5.75 Å². The van der Waals surface area contributed by atoms with Gasteiger partial charge in [0, 0.05) is 30.6 Å². The summed E-state index contributed by atoms with van der Waals surface area (Å²) in [4.78, 5) is 11.7. The molecule has 4 unspecified atom stereocenters. The highest BCUT2D eigenvalue weighted by Crippen LogP contribution is 2.30. The summed E-state index contributed by atoms with van der Waals surface area (Å²) >= 11 is 0. The number of nitrogens with zero attached hydrogens (tertiary/aromatic N) is 1. The third-order valence-corrected chi connectivity index (χ3v) is 6.65. The molecule has 0 bridgehead atoms. The van der Waals surface area contributed by atoms with Crippen molar-refractivity contribution in [3.63, 3.8) is 0 Å². The second-order valence-electron chi connectivity index (χ2n) is 8.93. The molecule has 1 saturated heterocycles. The van der Waals surface area contributed by atoms with Crippen LogP contribution in [-0.2, 0) is 11.3 Å². The quantitative estimate of drug-likeness (QED) is 0.434. The minimum Gasteiger partial charge on any atom is -0.497 e. The van der Waals surface area contributed by atoms with Gasteiger partial charge in [-0.15, -0.1) is 0 Å². The Labute approximate surface area is 193 Å². The molecule has 1 amide bonds. The number of carbonyl (C=O) groups is 1. The van der Waals surface area contributed by atoms with Gasteiger partial charge in [0.15, 0.2) is 6.29 Å². The third-order valence-electron chi connectivity index (χ3n) is 6.65. The van der Waals surface area contributed by atoms with Crippen LogP contribution in [0.25, 0.3) is 10.9 Å². The SMILES string of the molecule is COc1ccc2c(C(N)=O)cn(CC3CCCCC3)c2c1.OCC1CC(O)C(CO)C(O)O1. The minimum absolute atomic E-state index is 0.230. The highest BCUT2D eigenvalue weighted by Gasteiger charge is 2.35. The van der Waals surface area contributed by atoms with Crippen molar-refractivity contribution in [1.82, 2.24) is 4.57 Å². The summed E-state index contributed by atoms with van der Waals surface area (Å²) in [5.74, 6) is 0.475. The zero-order chi connectivity index (χ0) is 24.0. The lowest BCUT2D eigenvalue weighted by molar-refractivity contribution is -0.237. The van der Waals surface area contributed by atoms with Crippen LogP contribution >= 0.6 is 0 Å². The van der Waals surface area contributed by atoms with Crippen molar-refractivity contribution >= 4 is 16.8 Å². The molecule has 33 heavy (non-hydrogen) atoms. The number of ether oxygens (including phenoxy) is 2. The van der Waals surface area contributed by atoms with Gasteiger partial charge in [-0.3, -0.25) is 4.79 Å². The van der Waals surface area contributed by atoms with Crippen molar-refractivity contribution in [1.29, 1.82) is 0 Å². The number of hydrogen-bond acceptors (Lipinski definition) is 7. The highest BCUT2D eigenvalue weighted by atomic mass is 16.6. The van der Waals surface area contributed by atoms with Crippen LogP contribution < -0.4 is 10.5 Å². The second kappa shape index (κ2) is 11.8. The topological polar surface area (TPSA) is 147 Å². The van der Waals surface area contributed by atoms with Gasteiger partial charge in [0.2, 0.25) is 0 Å². The average Bonchev–Trinajstić information content (AvgIpc) is 3.17. The summed E-state index contributed by atoms with van der Waals surface area (Å²) in [5, 5.41) is 36.8. The lowest BCUT2D eigenvalue weighted by Crippen LogP contribution is -2.46. The average molecular weight is 465 g/mol. The molecule has 1 aliphatic carbocycles. The van der Waals surface area contributed by atoms with Gasteiger partial charge in [0.25, 0.3) is 5.91 Å². The number of rotatable bonds is 6. The molecule has 9 nitrogen and oxygen atoms in total. The molecule has 2 fully saturated rings. The van der Waals surface area contributed by atoms with Crippen LogP contribution in [0.5, 0.6) is 5.75 Å². The first-order valence-corrected chi connectivity index (χ1v) is 11.6.